The molecule has 0 aromatic heterocycles. The Balaban J connectivity index is 2.66. The van der Waals surface area contributed by atoms with Crippen LogP contribution in [0.15, 0.2) is 18.2 Å². The van der Waals surface area contributed by atoms with Crippen molar-refractivity contribution in [3.05, 3.63) is 28.8 Å². The first kappa shape index (κ1) is 15.8. The summed E-state index contributed by atoms with van der Waals surface area (Å²) in [6, 6.07) is 5.37. The van der Waals surface area contributed by atoms with Crippen molar-refractivity contribution in [3.63, 3.8) is 0 Å². The first-order chi connectivity index (χ1) is 8.93. The van der Waals surface area contributed by atoms with Gasteiger partial charge in [0.05, 0.1) is 11.6 Å². The maximum absolute atomic E-state index is 11.7. The molecule has 0 aliphatic carbocycles. The average Bonchev–Trinajstić information content (AvgIpc) is 2.32. The van der Waals surface area contributed by atoms with E-state index in [0.717, 1.165) is 12.1 Å². The van der Waals surface area contributed by atoms with Gasteiger partial charge < -0.3 is 10.4 Å². The number of benzene rings is 1. The number of carbonyl (C=O) groups excluding carboxylic acids is 1. The van der Waals surface area contributed by atoms with Crippen molar-refractivity contribution in [3.8, 4) is 5.75 Å². The molecular weight excluding hydrogens is 264 g/mol. The van der Waals surface area contributed by atoms with Crippen molar-refractivity contribution < 1.29 is 9.90 Å². The lowest BCUT2D eigenvalue weighted by atomic mass is 10.2. The van der Waals surface area contributed by atoms with Gasteiger partial charge in [0.25, 0.3) is 0 Å². The Morgan fingerprint density at radius 1 is 1.47 bits per heavy atom. The highest BCUT2D eigenvalue weighted by atomic mass is 35.5. The third-order valence-corrected chi connectivity index (χ3v) is 3.03. The van der Waals surface area contributed by atoms with Crippen LogP contribution in [0.25, 0.3) is 0 Å². The van der Waals surface area contributed by atoms with Crippen molar-refractivity contribution in [2.45, 2.75) is 33.4 Å². The van der Waals surface area contributed by atoms with Gasteiger partial charge in [0, 0.05) is 18.2 Å². The minimum Gasteiger partial charge on any atom is -0.506 e. The zero-order chi connectivity index (χ0) is 14.4. The minimum absolute atomic E-state index is 0.0154. The van der Waals surface area contributed by atoms with Crippen molar-refractivity contribution in [1.82, 2.24) is 10.2 Å². The molecule has 1 aromatic rings. The van der Waals surface area contributed by atoms with Crippen LogP contribution in [0, 0.1) is 0 Å². The van der Waals surface area contributed by atoms with E-state index < -0.39 is 0 Å². The molecule has 0 spiro atoms. The molecule has 5 heteroatoms. The van der Waals surface area contributed by atoms with Gasteiger partial charge in [-0.2, -0.15) is 0 Å². The maximum Gasteiger partial charge on any atom is 0.234 e. The van der Waals surface area contributed by atoms with Gasteiger partial charge in [0.1, 0.15) is 5.75 Å². The van der Waals surface area contributed by atoms with Gasteiger partial charge in [-0.15, -0.1) is 0 Å². The largest absolute Gasteiger partial charge is 0.506 e. The SMILES string of the molecule is CCN(CC(=O)NC(C)C)Cc1cccc(Cl)c1O. The molecule has 0 radical (unpaired) electrons. The van der Waals surface area contributed by atoms with Gasteiger partial charge in [0.2, 0.25) is 5.91 Å². The number of para-hydroxylation sites is 1. The van der Waals surface area contributed by atoms with E-state index in [2.05, 4.69) is 5.32 Å². The number of nitrogens with zero attached hydrogens (tertiary/aromatic N) is 1. The molecule has 106 valence electrons. The van der Waals surface area contributed by atoms with Crippen LogP contribution >= 0.6 is 11.6 Å². The summed E-state index contributed by atoms with van der Waals surface area (Å²) in [7, 11) is 0. The third kappa shape index (κ3) is 5.09. The Morgan fingerprint density at radius 3 is 2.74 bits per heavy atom. The van der Waals surface area contributed by atoms with Crippen LogP contribution in [0.3, 0.4) is 0 Å². The number of phenolic OH excluding ortho intramolecular Hbond substituents is 1. The van der Waals surface area contributed by atoms with E-state index in [1.807, 2.05) is 31.7 Å². The molecule has 0 unspecified atom stereocenters. The number of halogens is 1. The first-order valence-corrected chi connectivity index (χ1v) is 6.79. The second-order valence-corrected chi connectivity index (χ2v) is 5.18. The Kier molecular flexibility index (Phi) is 6.12. The van der Waals surface area contributed by atoms with Gasteiger partial charge in [0.15, 0.2) is 0 Å². The van der Waals surface area contributed by atoms with Crippen LogP contribution in [0.4, 0.5) is 0 Å². The number of rotatable bonds is 6. The van der Waals surface area contributed by atoms with Crippen LogP contribution in [-0.2, 0) is 11.3 Å². The van der Waals surface area contributed by atoms with E-state index in [1.54, 1.807) is 12.1 Å². The first-order valence-electron chi connectivity index (χ1n) is 6.42. The fourth-order valence-corrected chi connectivity index (χ4v) is 1.97. The molecule has 0 aliphatic heterocycles. The summed E-state index contributed by atoms with van der Waals surface area (Å²) < 4.78 is 0. The zero-order valence-corrected chi connectivity index (χ0v) is 12.4. The van der Waals surface area contributed by atoms with Gasteiger partial charge in [-0.3, -0.25) is 9.69 Å². The molecule has 4 nitrogen and oxygen atoms in total. The number of aromatic hydroxyl groups is 1. The Morgan fingerprint density at radius 2 is 2.16 bits per heavy atom. The average molecular weight is 285 g/mol. The lowest BCUT2D eigenvalue weighted by Crippen LogP contribution is -2.39. The molecule has 1 aromatic carbocycles. The molecule has 19 heavy (non-hydrogen) atoms. The highest BCUT2D eigenvalue weighted by Gasteiger charge is 2.13. The fraction of sp³-hybridized carbons (Fsp3) is 0.500. The minimum atomic E-state index is -0.0154. The molecule has 0 aliphatic rings. The second kappa shape index (κ2) is 7.36. The summed E-state index contributed by atoms with van der Waals surface area (Å²) >= 11 is 5.87. The predicted octanol–water partition coefficient (Wildman–Crippen LogP) is 2.39. The van der Waals surface area contributed by atoms with Crippen LogP contribution in [-0.4, -0.2) is 35.0 Å². The summed E-state index contributed by atoms with van der Waals surface area (Å²) in [5, 5.41) is 13.0. The van der Waals surface area contributed by atoms with Gasteiger partial charge in [-0.05, 0) is 26.5 Å². The van der Waals surface area contributed by atoms with E-state index in [-0.39, 0.29) is 17.7 Å². The lowest BCUT2D eigenvalue weighted by Gasteiger charge is -2.21. The van der Waals surface area contributed by atoms with Crippen molar-refractivity contribution in [2.75, 3.05) is 13.1 Å². The zero-order valence-electron chi connectivity index (χ0n) is 11.6. The lowest BCUT2D eigenvalue weighted by molar-refractivity contribution is -0.122. The number of hydrogen-bond acceptors (Lipinski definition) is 3. The molecule has 1 rings (SSSR count). The van der Waals surface area contributed by atoms with Crippen LogP contribution in [0.5, 0.6) is 5.75 Å². The summed E-state index contributed by atoms with van der Waals surface area (Å²) in [5.74, 6) is 0.0743. The van der Waals surface area contributed by atoms with E-state index in [1.165, 1.54) is 0 Å². The summed E-state index contributed by atoms with van der Waals surface area (Å²) in [6.07, 6.45) is 0. The third-order valence-electron chi connectivity index (χ3n) is 2.73. The smallest absolute Gasteiger partial charge is 0.234 e. The van der Waals surface area contributed by atoms with Crippen LogP contribution in [0.1, 0.15) is 26.3 Å². The number of carbonyl (C=O) groups is 1. The summed E-state index contributed by atoms with van der Waals surface area (Å²) in [4.78, 5) is 13.7. The number of phenols is 1. The maximum atomic E-state index is 11.7. The number of nitrogens with one attached hydrogen (secondary N) is 1. The van der Waals surface area contributed by atoms with Gasteiger partial charge in [-0.25, -0.2) is 0 Å². The quantitative estimate of drug-likeness (QED) is 0.843. The summed E-state index contributed by atoms with van der Waals surface area (Å²) in [6.45, 7) is 7.35. The van der Waals surface area contributed by atoms with Crippen molar-refractivity contribution in [1.29, 1.82) is 0 Å². The summed E-state index contributed by atoms with van der Waals surface area (Å²) in [5.41, 5.74) is 0.728. The Bertz CT molecular complexity index is 435. The Labute approximate surface area is 119 Å². The molecule has 0 heterocycles. The highest BCUT2D eigenvalue weighted by Crippen LogP contribution is 2.27. The second-order valence-electron chi connectivity index (χ2n) is 4.77. The van der Waals surface area contributed by atoms with Crippen molar-refractivity contribution in [2.24, 2.45) is 0 Å². The normalized spacial score (nSPS) is 11.1. The Hall–Kier alpha value is -1.26. The molecule has 0 saturated carbocycles. The standard InChI is InChI=1S/C14H21ClN2O2/c1-4-17(9-13(18)16-10(2)3)8-11-6-5-7-12(15)14(11)19/h5-7,10,19H,4,8-9H2,1-3H3,(H,16,18). The molecule has 0 saturated heterocycles. The molecule has 0 atom stereocenters. The van der Waals surface area contributed by atoms with Gasteiger partial charge in [-0.1, -0.05) is 30.7 Å². The van der Waals surface area contributed by atoms with E-state index in [9.17, 15) is 9.90 Å². The monoisotopic (exact) mass is 284 g/mol. The fourth-order valence-electron chi connectivity index (χ4n) is 1.78. The van der Waals surface area contributed by atoms with E-state index >= 15 is 0 Å². The van der Waals surface area contributed by atoms with E-state index in [0.29, 0.717) is 18.1 Å². The predicted molar refractivity (Wildman–Crippen MR) is 77.3 cm³/mol. The molecule has 2 N–H and O–H groups in total. The highest BCUT2D eigenvalue weighted by molar-refractivity contribution is 6.32. The number of amides is 1. The molecule has 0 fully saturated rings. The van der Waals surface area contributed by atoms with Crippen LogP contribution < -0.4 is 5.32 Å². The van der Waals surface area contributed by atoms with E-state index in [4.69, 9.17) is 11.6 Å². The topological polar surface area (TPSA) is 52.6 Å². The van der Waals surface area contributed by atoms with Crippen LogP contribution in [0.2, 0.25) is 5.02 Å². The molecular formula is C14H21ClN2O2. The number of hydrogen-bond donors (Lipinski definition) is 2. The van der Waals surface area contributed by atoms with Gasteiger partial charge >= 0.3 is 0 Å². The number of likely N-dealkylation sites (N-methyl/N-ethyl adjacent to an activating group) is 1. The molecule has 0 bridgehead atoms. The molecule has 1 amide bonds. The van der Waals surface area contributed by atoms with Crippen molar-refractivity contribution >= 4 is 17.5 Å².